The van der Waals surface area contributed by atoms with E-state index in [-0.39, 0.29) is 17.7 Å². The standard InChI is InChI=1S/C21H18N2O5S2/c1-12-2-6-14(7-3-12)23-17(24)11-29-20(23)13-4-8-15(9-5-13)28-18(25)10-16-19(26)22-21(27)30-16/h2-9,16,20H,10-11H2,1H3,(H,22,26,27). The summed E-state index contributed by atoms with van der Waals surface area (Å²) in [7, 11) is 0. The SMILES string of the molecule is Cc1ccc(N2C(=O)CSC2c2ccc(OC(=O)CC3SC(=O)NC3=O)cc2)cc1. The number of amides is 3. The van der Waals surface area contributed by atoms with Crippen LogP contribution in [0.4, 0.5) is 10.5 Å². The second-order valence-electron chi connectivity index (χ2n) is 6.89. The summed E-state index contributed by atoms with van der Waals surface area (Å²) in [6, 6.07) is 14.8. The van der Waals surface area contributed by atoms with E-state index in [1.54, 1.807) is 28.8 Å². The Morgan fingerprint density at radius 2 is 1.80 bits per heavy atom. The van der Waals surface area contributed by atoms with Gasteiger partial charge in [-0.15, -0.1) is 11.8 Å². The van der Waals surface area contributed by atoms with Gasteiger partial charge in [0.05, 0.1) is 12.2 Å². The molecule has 7 nitrogen and oxygen atoms in total. The fraction of sp³-hybridized carbons (Fsp3) is 0.238. The maximum absolute atomic E-state index is 12.4. The Labute approximate surface area is 181 Å². The number of ether oxygens (including phenoxy) is 1. The Hall–Kier alpha value is -2.78. The number of carbonyl (C=O) groups excluding carboxylic acids is 4. The van der Waals surface area contributed by atoms with E-state index in [0.717, 1.165) is 28.6 Å². The van der Waals surface area contributed by atoms with E-state index in [1.807, 2.05) is 43.3 Å². The van der Waals surface area contributed by atoms with Crippen LogP contribution >= 0.6 is 23.5 Å². The number of thioether (sulfide) groups is 2. The van der Waals surface area contributed by atoms with Gasteiger partial charge in [-0.1, -0.05) is 41.6 Å². The number of nitrogens with one attached hydrogen (secondary N) is 1. The van der Waals surface area contributed by atoms with Crippen molar-refractivity contribution in [2.45, 2.75) is 24.0 Å². The first-order valence-electron chi connectivity index (χ1n) is 9.23. The Morgan fingerprint density at radius 3 is 2.43 bits per heavy atom. The fourth-order valence-electron chi connectivity index (χ4n) is 3.21. The van der Waals surface area contributed by atoms with Crippen LogP contribution in [0, 0.1) is 6.92 Å². The summed E-state index contributed by atoms with van der Waals surface area (Å²) in [6.45, 7) is 2.00. The molecule has 0 aliphatic carbocycles. The molecule has 9 heteroatoms. The van der Waals surface area contributed by atoms with Crippen molar-refractivity contribution in [2.75, 3.05) is 10.7 Å². The van der Waals surface area contributed by atoms with Crippen LogP contribution in [0.3, 0.4) is 0 Å². The largest absolute Gasteiger partial charge is 0.426 e. The predicted octanol–water partition coefficient (Wildman–Crippen LogP) is 3.42. The zero-order chi connectivity index (χ0) is 21.3. The van der Waals surface area contributed by atoms with Crippen molar-refractivity contribution >= 4 is 52.2 Å². The van der Waals surface area contributed by atoms with Gasteiger partial charge in [-0.05, 0) is 36.8 Å². The molecule has 0 saturated carbocycles. The van der Waals surface area contributed by atoms with Gasteiger partial charge in [-0.25, -0.2) is 0 Å². The molecule has 2 saturated heterocycles. The monoisotopic (exact) mass is 442 g/mol. The zero-order valence-electron chi connectivity index (χ0n) is 16.0. The van der Waals surface area contributed by atoms with E-state index in [4.69, 9.17) is 4.74 Å². The van der Waals surface area contributed by atoms with E-state index in [9.17, 15) is 19.2 Å². The molecule has 2 unspecified atom stereocenters. The van der Waals surface area contributed by atoms with Crippen molar-refractivity contribution in [3.63, 3.8) is 0 Å². The minimum absolute atomic E-state index is 0.0474. The number of benzene rings is 2. The molecular formula is C21H18N2O5S2. The molecule has 0 bridgehead atoms. The highest BCUT2D eigenvalue weighted by molar-refractivity contribution is 8.15. The van der Waals surface area contributed by atoms with Crippen LogP contribution in [-0.4, -0.2) is 34.0 Å². The molecule has 0 radical (unpaired) electrons. The summed E-state index contributed by atoms with van der Waals surface area (Å²) in [5.74, 6) is -0.274. The number of aryl methyl sites for hydroxylation is 1. The first kappa shape index (κ1) is 20.5. The van der Waals surface area contributed by atoms with Crippen molar-refractivity contribution in [3.8, 4) is 5.75 Å². The molecular weight excluding hydrogens is 424 g/mol. The number of rotatable bonds is 5. The van der Waals surface area contributed by atoms with Crippen LogP contribution < -0.4 is 15.0 Å². The number of hydrogen-bond donors (Lipinski definition) is 1. The van der Waals surface area contributed by atoms with Crippen LogP contribution in [0.5, 0.6) is 5.75 Å². The van der Waals surface area contributed by atoms with Gasteiger partial charge in [0.2, 0.25) is 11.8 Å². The van der Waals surface area contributed by atoms with E-state index in [2.05, 4.69) is 5.32 Å². The predicted molar refractivity (Wildman–Crippen MR) is 115 cm³/mol. The number of nitrogens with zero attached hydrogens (tertiary/aromatic N) is 1. The Balaban J connectivity index is 1.43. The molecule has 2 heterocycles. The van der Waals surface area contributed by atoms with Gasteiger partial charge >= 0.3 is 5.97 Å². The van der Waals surface area contributed by atoms with E-state index in [0.29, 0.717) is 11.5 Å². The average molecular weight is 443 g/mol. The Kier molecular flexibility index (Phi) is 5.83. The van der Waals surface area contributed by atoms with Gasteiger partial charge < -0.3 is 4.74 Å². The molecule has 2 aromatic carbocycles. The highest BCUT2D eigenvalue weighted by atomic mass is 32.2. The van der Waals surface area contributed by atoms with Gasteiger partial charge in [0.15, 0.2) is 0 Å². The molecule has 0 spiro atoms. The zero-order valence-corrected chi connectivity index (χ0v) is 17.6. The summed E-state index contributed by atoms with van der Waals surface area (Å²) in [6.07, 6.45) is -0.182. The molecule has 2 aliphatic rings. The van der Waals surface area contributed by atoms with Gasteiger partial charge in [-0.2, -0.15) is 0 Å². The molecule has 2 aromatic rings. The lowest BCUT2D eigenvalue weighted by Gasteiger charge is -2.24. The minimum atomic E-state index is -0.756. The maximum atomic E-state index is 12.4. The van der Waals surface area contributed by atoms with Gasteiger partial charge in [0.25, 0.3) is 5.24 Å². The van der Waals surface area contributed by atoms with Gasteiger partial charge in [0.1, 0.15) is 16.4 Å². The number of imide groups is 1. The third-order valence-corrected chi connectivity index (χ3v) is 6.89. The minimum Gasteiger partial charge on any atom is -0.426 e. The Bertz CT molecular complexity index is 1010. The van der Waals surface area contributed by atoms with Crippen molar-refractivity contribution in [2.24, 2.45) is 0 Å². The summed E-state index contributed by atoms with van der Waals surface area (Å²) in [5, 5.41) is 0.773. The van der Waals surface area contributed by atoms with Crippen molar-refractivity contribution in [3.05, 3.63) is 59.7 Å². The third-order valence-electron chi connectivity index (χ3n) is 4.70. The number of hydrogen-bond acceptors (Lipinski definition) is 7. The van der Waals surface area contributed by atoms with E-state index in [1.165, 1.54) is 0 Å². The first-order valence-corrected chi connectivity index (χ1v) is 11.2. The molecule has 1 N–H and O–H groups in total. The number of anilines is 1. The second-order valence-corrected chi connectivity index (χ2v) is 9.14. The van der Waals surface area contributed by atoms with E-state index >= 15 is 0 Å². The van der Waals surface area contributed by atoms with E-state index < -0.39 is 22.4 Å². The molecule has 2 fully saturated rings. The number of esters is 1. The van der Waals surface area contributed by atoms with Gasteiger partial charge in [0, 0.05) is 5.69 Å². The lowest BCUT2D eigenvalue weighted by Crippen LogP contribution is -2.27. The first-order chi connectivity index (χ1) is 14.4. The lowest BCUT2D eigenvalue weighted by molar-refractivity contribution is -0.135. The topological polar surface area (TPSA) is 92.8 Å². The molecule has 2 atom stereocenters. The molecule has 30 heavy (non-hydrogen) atoms. The molecule has 4 rings (SSSR count). The van der Waals surface area contributed by atoms with Crippen LogP contribution in [0.1, 0.15) is 22.9 Å². The summed E-state index contributed by atoms with van der Waals surface area (Å²) in [5.41, 5.74) is 2.89. The molecule has 2 aliphatic heterocycles. The van der Waals surface area contributed by atoms with Gasteiger partial charge in [-0.3, -0.25) is 29.4 Å². The Morgan fingerprint density at radius 1 is 1.10 bits per heavy atom. The quantitative estimate of drug-likeness (QED) is 0.560. The van der Waals surface area contributed by atoms with Crippen molar-refractivity contribution in [1.82, 2.24) is 5.32 Å². The third kappa shape index (κ3) is 4.36. The van der Waals surface area contributed by atoms with Crippen LogP contribution in [0.15, 0.2) is 48.5 Å². The molecule has 3 amide bonds. The van der Waals surface area contributed by atoms with Crippen molar-refractivity contribution < 1.29 is 23.9 Å². The van der Waals surface area contributed by atoms with Crippen molar-refractivity contribution in [1.29, 1.82) is 0 Å². The van der Waals surface area contributed by atoms with Crippen LogP contribution in [0.25, 0.3) is 0 Å². The molecule has 0 aromatic heterocycles. The normalized spacial score (nSPS) is 21.1. The highest BCUT2D eigenvalue weighted by Crippen LogP contribution is 2.42. The average Bonchev–Trinajstić information content (AvgIpc) is 3.24. The van der Waals surface area contributed by atoms with Crippen LogP contribution in [0.2, 0.25) is 0 Å². The summed E-state index contributed by atoms with van der Waals surface area (Å²) >= 11 is 2.33. The van der Waals surface area contributed by atoms with Crippen LogP contribution in [-0.2, 0) is 14.4 Å². The fourth-order valence-corrected chi connectivity index (χ4v) is 5.19. The molecule has 154 valence electrons. The highest BCUT2D eigenvalue weighted by Gasteiger charge is 2.35. The maximum Gasteiger partial charge on any atom is 0.312 e. The second kappa shape index (κ2) is 8.53. The lowest BCUT2D eigenvalue weighted by atomic mass is 10.1. The number of carbonyl (C=O) groups is 4. The summed E-state index contributed by atoms with van der Waals surface area (Å²) < 4.78 is 5.29. The smallest absolute Gasteiger partial charge is 0.312 e. The summed E-state index contributed by atoms with van der Waals surface area (Å²) in [4.78, 5) is 49.1.